The molecule has 5 heteroatoms. The number of benzene rings is 1. The van der Waals surface area contributed by atoms with E-state index in [1.165, 1.54) is 6.07 Å². The first-order valence-corrected chi connectivity index (χ1v) is 6.65. The number of pyridine rings is 1. The number of aromatic nitrogens is 1. The predicted molar refractivity (Wildman–Crippen MR) is 76.7 cm³/mol. The predicted octanol–water partition coefficient (Wildman–Crippen LogP) is 4.26. The van der Waals surface area contributed by atoms with Crippen LogP contribution in [0.2, 0.25) is 0 Å². The molecule has 2 atom stereocenters. The highest BCUT2D eigenvalue weighted by Gasteiger charge is 2.20. The normalized spacial score (nSPS) is 14.3. The van der Waals surface area contributed by atoms with E-state index in [0.717, 1.165) is 17.4 Å². The van der Waals surface area contributed by atoms with E-state index >= 15 is 0 Å². The Balaban J connectivity index is 2.65. The summed E-state index contributed by atoms with van der Waals surface area (Å²) in [7, 11) is 0. The van der Waals surface area contributed by atoms with Crippen LogP contribution < -0.4 is 0 Å². The lowest BCUT2D eigenvalue weighted by molar-refractivity contribution is -0.383. The molecule has 1 aromatic heterocycles. The maximum Gasteiger partial charge on any atom is 0.278 e. The Morgan fingerprint density at radius 2 is 2.11 bits per heavy atom. The van der Waals surface area contributed by atoms with Gasteiger partial charge in [-0.25, -0.2) is 0 Å². The molecule has 0 aliphatic heterocycles. The fourth-order valence-corrected chi connectivity index (χ4v) is 2.44. The molecule has 1 heterocycles. The van der Waals surface area contributed by atoms with Crippen LogP contribution in [0.1, 0.15) is 31.7 Å². The number of halogens is 1. The number of fused-ring (bicyclic) bond motifs is 1. The Morgan fingerprint density at radius 1 is 1.37 bits per heavy atom. The molecule has 0 bridgehead atoms. The molecule has 100 valence electrons. The van der Waals surface area contributed by atoms with Gasteiger partial charge < -0.3 is 0 Å². The molecule has 4 nitrogen and oxygen atoms in total. The van der Waals surface area contributed by atoms with Gasteiger partial charge in [0.15, 0.2) is 0 Å². The van der Waals surface area contributed by atoms with Gasteiger partial charge in [0.05, 0.1) is 10.3 Å². The Hall–Kier alpha value is -1.68. The fourth-order valence-electron chi connectivity index (χ4n) is 2.30. The van der Waals surface area contributed by atoms with E-state index in [-0.39, 0.29) is 21.9 Å². The summed E-state index contributed by atoms with van der Waals surface area (Å²) < 4.78 is 0. The van der Waals surface area contributed by atoms with Gasteiger partial charge in [-0.2, -0.15) is 0 Å². The smallest absolute Gasteiger partial charge is 0.264 e. The van der Waals surface area contributed by atoms with Crippen LogP contribution in [0.4, 0.5) is 5.69 Å². The van der Waals surface area contributed by atoms with Crippen molar-refractivity contribution in [2.75, 3.05) is 0 Å². The lowest BCUT2D eigenvalue weighted by Gasteiger charge is -2.18. The molecular formula is C14H15ClN2O2. The third-order valence-corrected chi connectivity index (χ3v) is 4.14. The standard InChI is InChI=1S/C14H15ClN2O2/c1-3-13(15)9(2)10-4-5-14(17(18)19)12-8-16-7-6-11(10)12/h4-9,13H,3H2,1-2H3. The molecule has 2 unspecified atom stereocenters. The molecule has 2 rings (SSSR count). The van der Waals surface area contributed by atoms with Gasteiger partial charge in [0.2, 0.25) is 0 Å². The van der Waals surface area contributed by atoms with Crippen molar-refractivity contribution >= 4 is 28.1 Å². The fraction of sp³-hybridized carbons (Fsp3) is 0.357. The maximum atomic E-state index is 11.0. The zero-order chi connectivity index (χ0) is 14.0. The molecule has 0 spiro atoms. The number of rotatable bonds is 4. The van der Waals surface area contributed by atoms with E-state index in [1.807, 2.05) is 19.9 Å². The summed E-state index contributed by atoms with van der Waals surface area (Å²) in [5, 5.41) is 12.5. The first-order valence-electron chi connectivity index (χ1n) is 6.21. The molecule has 0 aliphatic carbocycles. The Kier molecular flexibility index (Phi) is 4.00. The van der Waals surface area contributed by atoms with Gasteiger partial charge in [0, 0.05) is 23.8 Å². The second-order valence-electron chi connectivity index (χ2n) is 4.57. The van der Waals surface area contributed by atoms with Gasteiger partial charge in [-0.15, -0.1) is 11.6 Å². The third-order valence-electron chi connectivity index (χ3n) is 3.45. The molecule has 1 aromatic carbocycles. The lowest BCUT2D eigenvalue weighted by Crippen LogP contribution is -2.09. The molecule has 0 saturated heterocycles. The van der Waals surface area contributed by atoms with Crippen molar-refractivity contribution in [1.82, 2.24) is 4.98 Å². The van der Waals surface area contributed by atoms with E-state index in [9.17, 15) is 10.1 Å². The Bertz CT molecular complexity index is 615. The van der Waals surface area contributed by atoms with Crippen molar-refractivity contribution in [2.24, 2.45) is 0 Å². The van der Waals surface area contributed by atoms with Gasteiger partial charge >= 0.3 is 0 Å². The zero-order valence-electron chi connectivity index (χ0n) is 10.8. The summed E-state index contributed by atoms with van der Waals surface area (Å²) in [4.78, 5) is 14.6. The van der Waals surface area contributed by atoms with Crippen molar-refractivity contribution in [3.63, 3.8) is 0 Å². The average molecular weight is 279 g/mol. The quantitative estimate of drug-likeness (QED) is 0.477. The average Bonchev–Trinajstić information content (AvgIpc) is 2.44. The van der Waals surface area contributed by atoms with Crippen LogP contribution >= 0.6 is 11.6 Å². The maximum absolute atomic E-state index is 11.0. The summed E-state index contributed by atoms with van der Waals surface area (Å²) in [6.45, 7) is 4.07. The molecule has 0 fully saturated rings. The molecule has 0 radical (unpaired) electrons. The highest BCUT2D eigenvalue weighted by Crippen LogP contribution is 2.34. The van der Waals surface area contributed by atoms with Crippen LogP contribution in [-0.4, -0.2) is 15.3 Å². The second-order valence-corrected chi connectivity index (χ2v) is 5.13. The monoisotopic (exact) mass is 278 g/mol. The first kappa shape index (κ1) is 13.7. The van der Waals surface area contributed by atoms with E-state index < -0.39 is 0 Å². The van der Waals surface area contributed by atoms with Gasteiger partial charge in [0.1, 0.15) is 0 Å². The number of hydrogen-bond donors (Lipinski definition) is 0. The molecule has 0 amide bonds. The van der Waals surface area contributed by atoms with Crippen LogP contribution in [0.5, 0.6) is 0 Å². The highest BCUT2D eigenvalue weighted by atomic mass is 35.5. The van der Waals surface area contributed by atoms with E-state index in [0.29, 0.717) is 5.39 Å². The number of non-ortho nitro benzene ring substituents is 1. The summed E-state index contributed by atoms with van der Waals surface area (Å²) in [5.41, 5.74) is 1.12. The van der Waals surface area contributed by atoms with Crippen LogP contribution in [0.25, 0.3) is 10.8 Å². The first-order chi connectivity index (χ1) is 9.06. The molecular weight excluding hydrogens is 264 g/mol. The number of nitrogens with zero attached hydrogens (tertiary/aromatic N) is 2. The minimum atomic E-state index is -0.379. The van der Waals surface area contributed by atoms with Crippen molar-refractivity contribution in [1.29, 1.82) is 0 Å². The minimum Gasteiger partial charge on any atom is -0.264 e. The van der Waals surface area contributed by atoms with Crippen LogP contribution in [0, 0.1) is 10.1 Å². The lowest BCUT2D eigenvalue weighted by atomic mass is 9.91. The van der Waals surface area contributed by atoms with E-state index in [4.69, 9.17) is 11.6 Å². The molecule has 2 aromatic rings. The molecule has 0 N–H and O–H groups in total. The van der Waals surface area contributed by atoms with Gasteiger partial charge in [0.25, 0.3) is 5.69 Å². The van der Waals surface area contributed by atoms with Crippen LogP contribution in [0.15, 0.2) is 30.6 Å². The third kappa shape index (κ3) is 2.54. The van der Waals surface area contributed by atoms with Crippen LogP contribution in [0.3, 0.4) is 0 Å². The second kappa shape index (κ2) is 5.53. The van der Waals surface area contributed by atoms with Crippen molar-refractivity contribution in [3.05, 3.63) is 46.3 Å². The zero-order valence-corrected chi connectivity index (χ0v) is 11.6. The van der Waals surface area contributed by atoms with Crippen molar-refractivity contribution < 1.29 is 4.92 Å². The van der Waals surface area contributed by atoms with Gasteiger partial charge in [-0.05, 0) is 29.4 Å². The van der Waals surface area contributed by atoms with Gasteiger partial charge in [-0.3, -0.25) is 15.1 Å². The largest absolute Gasteiger partial charge is 0.278 e. The number of nitro groups is 1. The number of hydrogen-bond acceptors (Lipinski definition) is 3. The highest BCUT2D eigenvalue weighted by molar-refractivity contribution is 6.21. The summed E-state index contributed by atoms with van der Waals surface area (Å²) >= 11 is 6.30. The van der Waals surface area contributed by atoms with E-state index in [2.05, 4.69) is 4.98 Å². The molecule has 19 heavy (non-hydrogen) atoms. The summed E-state index contributed by atoms with van der Waals surface area (Å²) in [6.07, 6.45) is 4.04. The minimum absolute atomic E-state index is 0.0119. The van der Waals surface area contributed by atoms with E-state index in [1.54, 1.807) is 18.5 Å². The number of alkyl halides is 1. The SMILES string of the molecule is CCC(Cl)C(C)c1ccc([N+](=O)[O-])c2cnccc12. The van der Waals surface area contributed by atoms with Gasteiger partial charge in [-0.1, -0.05) is 19.9 Å². The molecule has 0 saturated carbocycles. The van der Waals surface area contributed by atoms with Crippen molar-refractivity contribution in [2.45, 2.75) is 31.6 Å². The van der Waals surface area contributed by atoms with Crippen LogP contribution in [-0.2, 0) is 0 Å². The number of nitro benzene ring substituents is 1. The summed E-state index contributed by atoms with van der Waals surface area (Å²) in [5.74, 6) is 0.136. The molecule has 0 aliphatic rings. The Morgan fingerprint density at radius 3 is 2.74 bits per heavy atom. The topological polar surface area (TPSA) is 56.0 Å². The summed E-state index contributed by atoms with van der Waals surface area (Å²) in [6, 6.07) is 5.15. The van der Waals surface area contributed by atoms with Crippen molar-refractivity contribution in [3.8, 4) is 0 Å². The Labute approximate surface area is 116 Å².